The Kier molecular flexibility index (Phi) is 5.12. The Bertz CT molecular complexity index is 761. The Hall–Kier alpha value is -2.02. The van der Waals surface area contributed by atoms with Crippen LogP contribution < -0.4 is 10.6 Å². The van der Waals surface area contributed by atoms with Gasteiger partial charge in [-0.15, -0.1) is 11.8 Å². The van der Waals surface area contributed by atoms with Gasteiger partial charge in [-0.05, 0) is 30.9 Å². The number of urea groups is 1. The third kappa shape index (κ3) is 3.57. The Morgan fingerprint density at radius 3 is 2.81 bits per heavy atom. The van der Waals surface area contributed by atoms with E-state index in [9.17, 15) is 14.4 Å². The molecule has 27 heavy (non-hydrogen) atoms. The molecular weight excluding hydrogens is 362 g/mol. The van der Waals surface area contributed by atoms with Crippen LogP contribution in [0.4, 0.5) is 4.79 Å². The van der Waals surface area contributed by atoms with Gasteiger partial charge < -0.3 is 10.6 Å². The zero-order valence-electron chi connectivity index (χ0n) is 15.3. The fourth-order valence-electron chi connectivity index (χ4n) is 4.35. The second-order valence-electron chi connectivity index (χ2n) is 7.57. The standard InChI is InChI=1S/C20H25N3O3S/c24-17(21-15-9-13-27-16-7-3-2-6-14(15)16)8-12-23-18(25)20(22-19(23)26)10-4-1-5-11-20/h2-3,6-7,15H,1,4-5,8-13H2,(H,21,24)(H,22,26). The molecule has 1 saturated carbocycles. The van der Waals surface area contributed by atoms with Gasteiger partial charge in [-0.2, -0.15) is 0 Å². The Morgan fingerprint density at radius 2 is 2.00 bits per heavy atom. The normalized spacial score (nSPS) is 23.9. The third-order valence-corrected chi connectivity index (χ3v) is 6.93. The minimum Gasteiger partial charge on any atom is -0.349 e. The van der Waals surface area contributed by atoms with E-state index >= 15 is 0 Å². The molecule has 3 aliphatic rings. The Labute approximate surface area is 163 Å². The highest BCUT2D eigenvalue weighted by atomic mass is 32.2. The lowest BCUT2D eigenvalue weighted by molar-refractivity contribution is -0.132. The molecule has 0 bridgehead atoms. The molecule has 4 rings (SSSR count). The maximum Gasteiger partial charge on any atom is 0.325 e. The molecule has 7 heteroatoms. The number of benzene rings is 1. The molecular formula is C20H25N3O3S. The summed E-state index contributed by atoms with van der Waals surface area (Å²) in [6.45, 7) is 0.140. The number of amides is 4. The van der Waals surface area contributed by atoms with E-state index < -0.39 is 5.54 Å². The molecule has 1 spiro atoms. The maximum absolute atomic E-state index is 12.8. The van der Waals surface area contributed by atoms with Crippen LogP contribution in [-0.4, -0.2) is 40.6 Å². The van der Waals surface area contributed by atoms with Crippen molar-refractivity contribution in [3.05, 3.63) is 29.8 Å². The van der Waals surface area contributed by atoms with E-state index in [2.05, 4.69) is 22.8 Å². The molecule has 2 heterocycles. The monoisotopic (exact) mass is 387 g/mol. The predicted molar refractivity (Wildman–Crippen MR) is 103 cm³/mol. The smallest absolute Gasteiger partial charge is 0.325 e. The molecule has 2 fully saturated rings. The number of hydrogen-bond donors (Lipinski definition) is 2. The molecule has 6 nitrogen and oxygen atoms in total. The number of nitrogens with one attached hydrogen (secondary N) is 2. The number of carbonyl (C=O) groups excluding carboxylic acids is 3. The van der Waals surface area contributed by atoms with E-state index in [1.165, 1.54) is 9.80 Å². The first-order chi connectivity index (χ1) is 13.1. The number of imide groups is 1. The second-order valence-corrected chi connectivity index (χ2v) is 8.71. The van der Waals surface area contributed by atoms with Crippen LogP contribution >= 0.6 is 11.8 Å². The average Bonchev–Trinajstić information content (AvgIpc) is 2.90. The van der Waals surface area contributed by atoms with Gasteiger partial charge in [-0.1, -0.05) is 37.5 Å². The first kappa shape index (κ1) is 18.3. The summed E-state index contributed by atoms with van der Waals surface area (Å²) >= 11 is 1.81. The first-order valence-electron chi connectivity index (χ1n) is 9.74. The van der Waals surface area contributed by atoms with Gasteiger partial charge in [0.1, 0.15) is 5.54 Å². The largest absolute Gasteiger partial charge is 0.349 e. The van der Waals surface area contributed by atoms with Gasteiger partial charge in [-0.3, -0.25) is 14.5 Å². The van der Waals surface area contributed by atoms with E-state index in [4.69, 9.17) is 0 Å². The zero-order valence-corrected chi connectivity index (χ0v) is 16.1. The van der Waals surface area contributed by atoms with Crippen molar-refractivity contribution in [3.8, 4) is 0 Å². The summed E-state index contributed by atoms with van der Waals surface area (Å²) in [5, 5.41) is 5.97. The molecule has 4 amide bonds. The zero-order chi connectivity index (χ0) is 18.9. The van der Waals surface area contributed by atoms with Gasteiger partial charge in [0, 0.05) is 23.6 Å². The molecule has 1 atom stereocenters. The number of thioether (sulfide) groups is 1. The van der Waals surface area contributed by atoms with Gasteiger partial charge in [0.25, 0.3) is 5.91 Å². The van der Waals surface area contributed by atoms with Crippen LogP contribution in [0.1, 0.15) is 56.6 Å². The van der Waals surface area contributed by atoms with Gasteiger partial charge in [0.2, 0.25) is 5.91 Å². The molecule has 1 aromatic rings. The van der Waals surface area contributed by atoms with Crippen molar-refractivity contribution in [1.82, 2.24) is 15.5 Å². The van der Waals surface area contributed by atoms with E-state index in [1.807, 2.05) is 23.9 Å². The highest BCUT2D eigenvalue weighted by Crippen LogP contribution is 2.36. The van der Waals surface area contributed by atoms with Crippen molar-refractivity contribution in [2.75, 3.05) is 12.3 Å². The number of nitrogens with zero attached hydrogens (tertiary/aromatic N) is 1. The molecule has 0 radical (unpaired) electrons. The summed E-state index contributed by atoms with van der Waals surface area (Å²) in [5.41, 5.74) is 0.434. The number of fused-ring (bicyclic) bond motifs is 1. The lowest BCUT2D eigenvalue weighted by atomic mass is 9.82. The highest BCUT2D eigenvalue weighted by molar-refractivity contribution is 7.99. The lowest BCUT2D eigenvalue weighted by Crippen LogP contribution is -2.48. The topological polar surface area (TPSA) is 78.5 Å². The Morgan fingerprint density at radius 1 is 1.22 bits per heavy atom. The van der Waals surface area contributed by atoms with Crippen LogP contribution in [0.25, 0.3) is 0 Å². The van der Waals surface area contributed by atoms with Crippen molar-refractivity contribution in [2.45, 2.75) is 61.4 Å². The van der Waals surface area contributed by atoms with Gasteiger partial charge in [0.05, 0.1) is 6.04 Å². The van der Waals surface area contributed by atoms with Gasteiger partial charge >= 0.3 is 6.03 Å². The third-order valence-electron chi connectivity index (χ3n) is 5.81. The fraction of sp³-hybridized carbons (Fsp3) is 0.550. The Balaban J connectivity index is 1.35. The van der Waals surface area contributed by atoms with Crippen molar-refractivity contribution < 1.29 is 14.4 Å². The molecule has 1 saturated heterocycles. The van der Waals surface area contributed by atoms with E-state index in [0.29, 0.717) is 12.8 Å². The quantitative estimate of drug-likeness (QED) is 0.779. The molecule has 2 N–H and O–H groups in total. The summed E-state index contributed by atoms with van der Waals surface area (Å²) in [6, 6.07) is 7.78. The summed E-state index contributed by atoms with van der Waals surface area (Å²) in [6.07, 6.45) is 5.46. The van der Waals surface area contributed by atoms with E-state index in [-0.39, 0.29) is 36.9 Å². The maximum atomic E-state index is 12.8. The number of carbonyl (C=O) groups is 3. The van der Waals surface area contributed by atoms with Gasteiger partial charge in [0.15, 0.2) is 0 Å². The summed E-state index contributed by atoms with van der Waals surface area (Å²) in [7, 11) is 0. The molecule has 1 aliphatic carbocycles. The van der Waals surface area contributed by atoms with Crippen molar-refractivity contribution in [3.63, 3.8) is 0 Å². The summed E-state index contributed by atoms with van der Waals surface area (Å²) in [4.78, 5) is 40.0. The van der Waals surface area contributed by atoms with Crippen LogP contribution in [-0.2, 0) is 9.59 Å². The lowest BCUT2D eigenvalue weighted by Gasteiger charge is -2.30. The molecule has 0 aromatic heterocycles. The highest BCUT2D eigenvalue weighted by Gasteiger charge is 2.51. The fourth-order valence-corrected chi connectivity index (χ4v) is 5.47. The summed E-state index contributed by atoms with van der Waals surface area (Å²) < 4.78 is 0. The first-order valence-corrected chi connectivity index (χ1v) is 10.7. The second kappa shape index (κ2) is 7.54. The number of rotatable bonds is 4. The van der Waals surface area contributed by atoms with Crippen molar-refractivity contribution in [1.29, 1.82) is 0 Å². The van der Waals surface area contributed by atoms with Crippen LogP contribution in [0.3, 0.4) is 0 Å². The molecule has 144 valence electrons. The average molecular weight is 388 g/mol. The minimum atomic E-state index is -0.717. The van der Waals surface area contributed by atoms with Crippen LogP contribution in [0.2, 0.25) is 0 Å². The molecule has 1 unspecified atom stereocenters. The van der Waals surface area contributed by atoms with Gasteiger partial charge in [-0.25, -0.2) is 4.79 Å². The van der Waals surface area contributed by atoms with Crippen molar-refractivity contribution >= 4 is 29.6 Å². The van der Waals surface area contributed by atoms with E-state index in [0.717, 1.165) is 37.0 Å². The molecule has 2 aliphatic heterocycles. The SMILES string of the molecule is O=C(CCN1C(=O)NC2(CCCCC2)C1=O)NC1CCSc2ccccc21. The minimum absolute atomic E-state index is 0.00254. The summed E-state index contributed by atoms with van der Waals surface area (Å²) in [5.74, 6) is 0.698. The van der Waals surface area contributed by atoms with E-state index in [1.54, 1.807) is 0 Å². The van der Waals surface area contributed by atoms with Crippen molar-refractivity contribution in [2.24, 2.45) is 0 Å². The van der Waals surface area contributed by atoms with Crippen LogP contribution in [0.5, 0.6) is 0 Å². The molecule has 1 aromatic carbocycles. The van der Waals surface area contributed by atoms with Crippen LogP contribution in [0, 0.1) is 0 Å². The van der Waals surface area contributed by atoms with Crippen LogP contribution in [0.15, 0.2) is 29.2 Å². The predicted octanol–water partition coefficient (Wildman–Crippen LogP) is 2.98. The number of hydrogen-bond acceptors (Lipinski definition) is 4.